The predicted molar refractivity (Wildman–Crippen MR) is 129 cm³/mol. The lowest BCUT2D eigenvalue weighted by Gasteiger charge is -2.41. The summed E-state index contributed by atoms with van der Waals surface area (Å²) >= 11 is 0. The molecule has 1 saturated heterocycles. The third-order valence-corrected chi connectivity index (χ3v) is 8.71. The molecular weight excluding hydrogens is 513 g/mol. The maximum absolute atomic E-state index is 13.0. The van der Waals surface area contributed by atoms with Crippen molar-refractivity contribution in [1.82, 2.24) is 9.55 Å². The van der Waals surface area contributed by atoms with Gasteiger partial charge in [-0.15, -0.1) is 0 Å². The third-order valence-electron chi connectivity index (χ3n) is 6.56. The van der Waals surface area contributed by atoms with Crippen molar-refractivity contribution in [3.8, 4) is 0 Å². The van der Waals surface area contributed by atoms with Gasteiger partial charge < -0.3 is 35.0 Å². The molecule has 210 valence electrons. The minimum atomic E-state index is -4.68. The van der Waals surface area contributed by atoms with Crippen LogP contribution >= 0.6 is 7.60 Å². The van der Waals surface area contributed by atoms with Crippen LogP contribution in [0.25, 0.3) is 0 Å². The summed E-state index contributed by atoms with van der Waals surface area (Å²) in [5.41, 5.74) is -2.49. The molecule has 2 rings (SSSR count). The highest BCUT2D eigenvalue weighted by Crippen LogP contribution is 2.60. The summed E-state index contributed by atoms with van der Waals surface area (Å²) < 4.78 is 30.3. The van der Waals surface area contributed by atoms with Gasteiger partial charge in [-0.05, 0) is 26.2 Å². The van der Waals surface area contributed by atoms with Crippen molar-refractivity contribution in [2.45, 2.75) is 103 Å². The van der Waals surface area contributed by atoms with E-state index in [0.29, 0.717) is 0 Å². The van der Waals surface area contributed by atoms with Crippen LogP contribution in [0, 0.1) is 0 Å². The highest BCUT2D eigenvalue weighted by atomic mass is 31.2. The molecule has 14 nitrogen and oxygen atoms in total. The number of hydrogen-bond donors (Lipinski definition) is 5. The summed E-state index contributed by atoms with van der Waals surface area (Å²) in [5.74, 6) is -1.34. The molecule has 0 spiro atoms. The van der Waals surface area contributed by atoms with Crippen LogP contribution in [0.15, 0.2) is 11.0 Å². The maximum Gasteiger partial charge on any atom is 0.359 e. The number of carbonyl (C=O) groups excluding carboxylic acids is 2. The standard InChI is InChI=1S/C22H36N3O11P/c1-7-21(6,31)37(32,33)36-22(8-2,9-3)17-15(28)16(29)19(35-17)25-10-14(11-34-13(5)27)18(23-12(4)26)24-20(25)30/h10,15-17,19,28-29,31H,7-9,11H2,1-6H3,(H,32,33)(H,23,24,26,30)/t15-,16+,17-,19+,21+/m0/s1. The Morgan fingerprint density at radius 1 is 1.19 bits per heavy atom. The molecule has 0 bridgehead atoms. The van der Waals surface area contributed by atoms with Gasteiger partial charge >= 0.3 is 19.3 Å². The topological polar surface area (TPSA) is 207 Å². The number of amides is 1. The van der Waals surface area contributed by atoms with Crippen LogP contribution in [0.3, 0.4) is 0 Å². The van der Waals surface area contributed by atoms with Gasteiger partial charge in [0.1, 0.15) is 36.3 Å². The minimum Gasteiger partial charge on any atom is -0.461 e. The second kappa shape index (κ2) is 11.7. The van der Waals surface area contributed by atoms with Gasteiger partial charge in [0.05, 0.1) is 0 Å². The fourth-order valence-corrected chi connectivity index (χ4v) is 5.41. The van der Waals surface area contributed by atoms with Gasteiger partial charge in [0.25, 0.3) is 0 Å². The van der Waals surface area contributed by atoms with Crippen molar-refractivity contribution >= 4 is 25.3 Å². The van der Waals surface area contributed by atoms with E-state index in [1.165, 1.54) is 13.8 Å². The van der Waals surface area contributed by atoms with Crippen LogP contribution in [0.4, 0.5) is 5.82 Å². The van der Waals surface area contributed by atoms with Gasteiger partial charge in [0.2, 0.25) is 5.91 Å². The highest BCUT2D eigenvalue weighted by Gasteiger charge is 2.57. The second-order valence-electron chi connectivity index (χ2n) is 9.15. The van der Waals surface area contributed by atoms with Crippen LogP contribution in [0.2, 0.25) is 0 Å². The Kier molecular flexibility index (Phi) is 9.80. The van der Waals surface area contributed by atoms with Crippen molar-refractivity contribution in [2.75, 3.05) is 5.32 Å². The van der Waals surface area contributed by atoms with Crippen molar-refractivity contribution in [3.63, 3.8) is 0 Å². The first-order valence-corrected chi connectivity index (χ1v) is 13.4. The van der Waals surface area contributed by atoms with Gasteiger partial charge in [0, 0.05) is 25.6 Å². The molecule has 1 fully saturated rings. The molecular formula is C22H36N3O11P. The molecule has 2 heterocycles. The lowest BCUT2D eigenvalue weighted by atomic mass is 9.87. The molecule has 1 aromatic rings. The Morgan fingerprint density at radius 3 is 2.27 bits per heavy atom. The van der Waals surface area contributed by atoms with E-state index in [9.17, 15) is 39.2 Å². The Bertz CT molecular complexity index is 1100. The summed E-state index contributed by atoms with van der Waals surface area (Å²) in [6, 6.07) is 0. The first kappa shape index (κ1) is 31.0. The van der Waals surface area contributed by atoms with E-state index in [-0.39, 0.29) is 37.3 Å². The van der Waals surface area contributed by atoms with Crippen LogP contribution in [0.5, 0.6) is 0 Å². The number of nitrogens with zero attached hydrogens (tertiary/aromatic N) is 2. The average Bonchev–Trinajstić information content (AvgIpc) is 3.11. The summed E-state index contributed by atoms with van der Waals surface area (Å²) in [6.07, 6.45) is -5.15. The number of nitrogens with one attached hydrogen (secondary N) is 1. The van der Waals surface area contributed by atoms with E-state index in [1.54, 1.807) is 13.8 Å². The molecule has 0 radical (unpaired) electrons. The molecule has 1 aromatic heterocycles. The summed E-state index contributed by atoms with van der Waals surface area (Å²) in [7, 11) is -4.68. The van der Waals surface area contributed by atoms with Gasteiger partial charge in [0.15, 0.2) is 11.6 Å². The SMILES string of the molecule is CCC(CC)(OP(=O)(O)[C@@](C)(O)CC)[C@H]1O[C@@H](n2cc(COC(C)=O)c(NC(C)=O)nc2=O)[C@H](O)[C@@H]1O. The zero-order chi connectivity index (χ0) is 28.3. The van der Waals surface area contributed by atoms with E-state index in [0.717, 1.165) is 24.6 Å². The minimum absolute atomic E-state index is 0.0430. The van der Waals surface area contributed by atoms with Crippen molar-refractivity contribution in [2.24, 2.45) is 0 Å². The van der Waals surface area contributed by atoms with E-state index < -0.39 is 60.6 Å². The van der Waals surface area contributed by atoms with Gasteiger partial charge in [-0.2, -0.15) is 4.98 Å². The molecule has 0 aromatic carbocycles. The lowest BCUT2D eigenvalue weighted by Crippen LogP contribution is -2.51. The van der Waals surface area contributed by atoms with E-state index in [2.05, 4.69) is 10.3 Å². The van der Waals surface area contributed by atoms with Gasteiger partial charge in [-0.1, -0.05) is 20.8 Å². The van der Waals surface area contributed by atoms with Crippen LogP contribution in [0.1, 0.15) is 72.6 Å². The number of esters is 1. The number of aliphatic hydroxyl groups is 3. The third kappa shape index (κ3) is 6.45. The molecule has 0 saturated carbocycles. The fourth-order valence-electron chi connectivity index (χ4n) is 3.95. The molecule has 0 aliphatic carbocycles. The first-order valence-electron chi connectivity index (χ1n) is 11.9. The van der Waals surface area contributed by atoms with Crippen LogP contribution in [-0.4, -0.2) is 70.9 Å². The molecule has 1 aliphatic rings. The monoisotopic (exact) mass is 549 g/mol. The molecule has 1 aliphatic heterocycles. The largest absolute Gasteiger partial charge is 0.461 e. The molecule has 1 amide bonds. The van der Waals surface area contributed by atoms with Crippen molar-refractivity contribution in [1.29, 1.82) is 0 Å². The average molecular weight is 550 g/mol. The molecule has 1 unspecified atom stereocenters. The molecule has 5 N–H and O–H groups in total. The number of aliphatic hydroxyl groups excluding tert-OH is 2. The summed E-state index contributed by atoms with van der Waals surface area (Å²) in [4.78, 5) is 50.0. The van der Waals surface area contributed by atoms with E-state index in [1.807, 2.05) is 0 Å². The Morgan fingerprint density at radius 2 is 1.78 bits per heavy atom. The van der Waals surface area contributed by atoms with Gasteiger partial charge in [-0.25, -0.2) is 4.79 Å². The number of carbonyl (C=O) groups is 2. The smallest absolute Gasteiger partial charge is 0.359 e. The summed E-state index contributed by atoms with van der Waals surface area (Å²) in [6.45, 7) is 7.88. The van der Waals surface area contributed by atoms with E-state index >= 15 is 0 Å². The number of anilines is 1. The maximum atomic E-state index is 13.0. The number of hydrogen-bond acceptors (Lipinski definition) is 11. The quantitative estimate of drug-likeness (QED) is 0.192. The Labute approximate surface area is 214 Å². The van der Waals surface area contributed by atoms with Crippen molar-refractivity contribution < 1.29 is 48.4 Å². The van der Waals surface area contributed by atoms with Crippen LogP contribution < -0.4 is 11.0 Å². The number of aromatic nitrogens is 2. The Hall–Kier alpha value is -2.19. The highest BCUT2D eigenvalue weighted by molar-refractivity contribution is 7.54. The zero-order valence-electron chi connectivity index (χ0n) is 21.7. The lowest BCUT2D eigenvalue weighted by molar-refractivity contribution is -0.142. The predicted octanol–water partition coefficient (Wildman–Crippen LogP) is 0.763. The molecule has 6 atom stereocenters. The normalized spacial score (nSPS) is 25.2. The van der Waals surface area contributed by atoms with Gasteiger partial charge in [-0.3, -0.25) is 23.2 Å². The number of ether oxygens (including phenoxy) is 2. The molecule has 15 heteroatoms. The Balaban J connectivity index is 2.52. The van der Waals surface area contributed by atoms with Crippen molar-refractivity contribution in [3.05, 3.63) is 22.2 Å². The zero-order valence-corrected chi connectivity index (χ0v) is 22.6. The first-order chi connectivity index (χ1) is 17.1. The fraction of sp³-hybridized carbons (Fsp3) is 0.727. The molecule has 37 heavy (non-hydrogen) atoms. The van der Waals surface area contributed by atoms with E-state index in [4.69, 9.17) is 14.0 Å². The number of rotatable bonds is 11. The second-order valence-corrected chi connectivity index (χ2v) is 11.3. The summed E-state index contributed by atoms with van der Waals surface area (Å²) in [5, 5.41) is 32.4. The van der Waals surface area contributed by atoms with Crippen LogP contribution in [-0.2, 0) is 34.8 Å².